The maximum absolute atomic E-state index is 4.55. The molecule has 14 heavy (non-hydrogen) atoms. The molecule has 0 aliphatic rings. The lowest BCUT2D eigenvalue weighted by Gasteiger charge is -2.09. The summed E-state index contributed by atoms with van der Waals surface area (Å²) in [6.07, 6.45) is 2.16. The molecule has 0 spiro atoms. The van der Waals surface area contributed by atoms with E-state index in [0.717, 1.165) is 4.47 Å². The molecule has 0 bridgehead atoms. The number of thiol groups is 1. The van der Waals surface area contributed by atoms with Crippen LogP contribution in [0.2, 0.25) is 0 Å². The zero-order chi connectivity index (χ0) is 10.7. The van der Waals surface area contributed by atoms with Crippen LogP contribution in [0.25, 0.3) is 0 Å². The third-order valence-electron chi connectivity index (χ3n) is 2.01. The zero-order valence-electron chi connectivity index (χ0n) is 8.71. The minimum absolute atomic E-state index is 0.201. The van der Waals surface area contributed by atoms with E-state index >= 15 is 0 Å². The Bertz CT molecular complexity index is 351. The summed E-state index contributed by atoms with van der Waals surface area (Å²) >= 11 is 8.04. The summed E-state index contributed by atoms with van der Waals surface area (Å²) in [6.45, 7) is 6.28. The molecule has 0 nitrogen and oxygen atoms in total. The predicted molar refractivity (Wildman–Crippen MR) is 70.0 cm³/mol. The molecular formula is C12H15BrS. The third-order valence-corrected chi connectivity index (χ3v) is 3.35. The first kappa shape index (κ1) is 11.9. The van der Waals surface area contributed by atoms with Crippen LogP contribution in [0.1, 0.15) is 30.2 Å². The molecule has 0 aliphatic carbocycles. The summed E-state index contributed by atoms with van der Waals surface area (Å²) in [5.74, 6) is 0. The molecule has 0 heterocycles. The summed E-state index contributed by atoms with van der Waals surface area (Å²) in [5, 5.41) is 0.201. The van der Waals surface area contributed by atoms with E-state index in [1.165, 1.54) is 16.7 Å². The summed E-state index contributed by atoms with van der Waals surface area (Å²) in [7, 11) is 0. The second kappa shape index (κ2) is 5.04. The standard InChI is InChI=1S/C12H15BrS/c1-8(2)6-12(14)10-4-5-11(13)9(3)7-10/h4-7,12,14H,1-3H3. The zero-order valence-corrected chi connectivity index (χ0v) is 11.2. The fraction of sp³-hybridized carbons (Fsp3) is 0.333. The van der Waals surface area contributed by atoms with Crippen molar-refractivity contribution in [3.8, 4) is 0 Å². The molecule has 0 aliphatic heterocycles. The molecule has 0 fully saturated rings. The first-order chi connectivity index (χ1) is 6.50. The molecule has 0 radical (unpaired) electrons. The highest BCUT2D eigenvalue weighted by molar-refractivity contribution is 9.10. The van der Waals surface area contributed by atoms with E-state index in [2.05, 4.69) is 73.6 Å². The Balaban J connectivity index is 2.97. The van der Waals surface area contributed by atoms with E-state index in [-0.39, 0.29) is 5.25 Å². The first-order valence-electron chi connectivity index (χ1n) is 4.60. The van der Waals surface area contributed by atoms with Gasteiger partial charge < -0.3 is 0 Å². The smallest absolute Gasteiger partial charge is 0.0449 e. The Morgan fingerprint density at radius 2 is 2.07 bits per heavy atom. The number of benzene rings is 1. The van der Waals surface area contributed by atoms with Gasteiger partial charge in [0.05, 0.1) is 0 Å². The Kier molecular flexibility index (Phi) is 4.27. The second-order valence-electron chi connectivity index (χ2n) is 3.70. The lowest BCUT2D eigenvalue weighted by atomic mass is 10.1. The fourth-order valence-electron chi connectivity index (χ4n) is 1.26. The lowest BCUT2D eigenvalue weighted by Crippen LogP contribution is -1.88. The van der Waals surface area contributed by atoms with Gasteiger partial charge in [0.25, 0.3) is 0 Å². The van der Waals surface area contributed by atoms with Crippen LogP contribution in [0, 0.1) is 6.92 Å². The van der Waals surface area contributed by atoms with E-state index in [1.54, 1.807) is 0 Å². The van der Waals surface area contributed by atoms with Gasteiger partial charge >= 0.3 is 0 Å². The molecule has 0 aromatic heterocycles. The number of aryl methyl sites for hydroxylation is 1. The average Bonchev–Trinajstić information content (AvgIpc) is 2.08. The summed E-state index contributed by atoms with van der Waals surface area (Å²) < 4.78 is 1.15. The largest absolute Gasteiger partial charge is 0.167 e. The monoisotopic (exact) mass is 270 g/mol. The molecule has 0 saturated carbocycles. The van der Waals surface area contributed by atoms with Gasteiger partial charge in [0, 0.05) is 9.72 Å². The van der Waals surface area contributed by atoms with Crippen molar-refractivity contribution < 1.29 is 0 Å². The highest BCUT2D eigenvalue weighted by Gasteiger charge is 2.04. The van der Waals surface area contributed by atoms with Gasteiger partial charge in [0.1, 0.15) is 0 Å². The van der Waals surface area contributed by atoms with Gasteiger partial charge in [-0.3, -0.25) is 0 Å². The Morgan fingerprint density at radius 1 is 1.43 bits per heavy atom. The average molecular weight is 271 g/mol. The number of hydrogen-bond acceptors (Lipinski definition) is 1. The fourth-order valence-corrected chi connectivity index (χ4v) is 1.97. The van der Waals surface area contributed by atoms with Crippen molar-refractivity contribution >= 4 is 28.6 Å². The minimum atomic E-state index is 0.201. The Labute approximate surface area is 100.0 Å². The minimum Gasteiger partial charge on any atom is -0.167 e. The van der Waals surface area contributed by atoms with Gasteiger partial charge in [0.2, 0.25) is 0 Å². The van der Waals surface area contributed by atoms with Crippen LogP contribution < -0.4 is 0 Å². The van der Waals surface area contributed by atoms with Crippen molar-refractivity contribution in [3.05, 3.63) is 45.4 Å². The molecule has 1 unspecified atom stereocenters. The summed E-state index contributed by atoms with van der Waals surface area (Å²) in [5.41, 5.74) is 3.80. The first-order valence-corrected chi connectivity index (χ1v) is 5.91. The number of hydrogen-bond donors (Lipinski definition) is 1. The van der Waals surface area contributed by atoms with Crippen molar-refractivity contribution in [3.63, 3.8) is 0 Å². The lowest BCUT2D eigenvalue weighted by molar-refractivity contribution is 1.18. The van der Waals surface area contributed by atoms with Crippen molar-refractivity contribution in [2.24, 2.45) is 0 Å². The van der Waals surface area contributed by atoms with Crippen LogP contribution in [0.5, 0.6) is 0 Å². The van der Waals surface area contributed by atoms with E-state index < -0.39 is 0 Å². The predicted octanol–water partition coefficient (Wildman–Crippen LogP) is 4.69. The third kappa shape index (κ3) is 3.18. The van der Waals surface area contributed by atoms with E-state index in [9.17, 15) is 0 Å². The van der Waals surface area contributed by atoms with Crippen molar-refractivity contribution in [1.29, 1.82) is 0 Å². The quantitative estimate of drug-likeness (QED) is 0.585. The highest BCUT2D eigenvalue weighted by Crippen LogP contribution is 2.26. The molecule has 1 atom stereocenters. The molecule has 0 N–H and O–H groups in total. The molecule has 1 aromatic rings. The molecular weight excluding hydrogens is 256 g/mol. The van der Waals surface area contributed by atoms with Crippen LogP contribution >= 0.6 is 28.6 Å². The number of allylic oxidation sites excluding steroid dienone is 1. The van der Waals surface area contributed by atoms with Gasteiger partial charge in [-0.25, -0.2) is 0 Å². The topological polar surface area (TPSA) is 0 Å². The van der Waals surface area contributed by atoms with E-state index in [1.807, 2.05) is 0 Å². The normalized spacial score (nSPS) is 12.4. The Hall–Kier alpha value is -0.210. The van der Waals surface area contributed by atoms with Crippen molar-refractivity contribution in [2.45, 2.75) is 26.0 Å². The second-order valence-corrected chi connectivity index (χ2v) is 5.11. The Morgan fingerprint density at radius 3 is 2.57 bits per heavy atom. The van der Waals surface area contributed by atoms with Crippen LogP contribution in [-0.4, -0.2) is 0 Å². The van der Waals surface area contributed by atoms with E-state index in [4.69, 9.17) is 0 Å². The van der Waals surface area contributed by atoms with Crippen LogP contribution in [0.15, 0.2) is 34.3 Å². The van der Waals surface area contributed by atoms with Crippen LogP contribution in [0.4, 0.5) is 0 Å². The van der Waals surface area contributed by atoms with Gasteiger partial charge in [-0.15, -0.1) is 0 Å². The SMILES string of the molecule is CC(C)=CC(S)c1ccc(Br)c(C)c1. The number of rotatable bonds is 2. The molecule has 76 valence electrons. The molecule has 1 rings (SSSR count). The van der Waals surface area contributed by atoms with Gasteiger partial charge in [-0.1, -0.05) is 39.7 Å². The van der Waals surface area contributed by atoms with Crippen molar-refractivity contribution in [1.82, 2.24) is 0 Å². The van der Waals surface area contributed by atoms with Gasteiger partial charge in [0.15, 0.2) is 0 Å². The molecule has 0 saturated heterocycles. The maximum atomic E-state index is 4.55. The molecule has 2 heteroatoms. The van der Waals surface area contributed by atoms with Crippen molar-refractivity contribution in [2.75, 3.05) is 0 Å². The van der Waals surface area contributed by atoms with E-state index in [0.29, 0.717) is 0 Å². The van der Waals surface area contributed by atoms with Gasteiger partial charge in [-0.2, -0.15) is 12.6 Å². The van der Waals surface area contributed by atoms with Crippen LogP contribution in [0.3, 0.4) is 0 Å². The summed E-state index contributed by atoms with van der Waals surface area (Å²) in [6, 6.07) is 6.35. The summed E-state index contributed by atoms with van der Waals surface area (Å²) in [4.78, 5) is 0. The highest BCUT2D eigenvalue weighted by atomic mass is 79.9. The van der Waals surface area contributed by atoms with Crippen LogP contribution in [-0.2, 0) is 0 Å². The van der Waals surface area contributed by atoms with Gasteiger partial charge in [-0.05, 0) is 38.0 Å². The molecule has 1 aromatic carbocycles. The maximum Gasteiger partial charge on any atom is 0.0449 e. The number of halogens is 1. The molecule has 0 amide bonds.